The standard InChI is InChI=1S/C16H30N6O2S/c1-6-17-16-18-7-13(8-19-16)9-22-10-14(12(2)3)15(11-22)20-25(23,24)21(4)5/h7-8,12,14-15,20H,6,9-11H2,1-5H3,(H,17,18,19). The molecule has 8 nitrogen and oxygen atoms in total. The van der Waals surface area contributed by atoms with E-state index in [-0.39, 0.29) is 12.0 Å². The molecule has 0 spiro atoms. The maximum absolute atomic E-state index is 12.2. The molecule has 0 bridgehead atoms. The average molecular weight is 371 g/mol. The Morgan fingerprint density at radius 3 is 2.44 bits per heavy atom. The lowest BCUT2D eigenvalue weighted by molar-refractivity contribution is 0.295. The Labute approximate surface area is 151 Å². The fourth-order valence-electron chi connectivity index (χ4n) is 3.08. The molecular weight excluding hydrogens is 340 g/mol. The summed E-state index contributed by atoms with van der Waals surface area (Å²) < 4.78 is 28.4. The monoisotopic (exact) mass is 370 g/mol. The highest BCUT2D eigenvalue weighted by Crippen LogP contribution is 2.26. The Morgan fingerprint density at radius 1 is 1.28 bits per heavy atom. The van der Waals surface area contributed by atoms with Gasteiger partial charge in [-0.3, -0.25) is 4.90 Å². The third-order valence-corrected chi connectivity index (χ3v) is 6.09. The van der Waals surface area contributed by atoms with Crippen LogP contribution in [0.15, 0.2) is 12.4 Å². The van der Waals surface area contributed by atoms with Crippen LogP contribution in [0.2, 0.25) is 0 Å². The van der Waals surface area contributed by atoms with Gasteiger partial charge in [-0.15, -0.1) is 0 Å². The van der Waals surface area contributed by atoms with Crippen LogP contribution in [-0.4, -0.2) is 67.4 Å². The van der Waals surface area contributed by atoms with Gasteiger partial charge in [-0.1, -0.05) is 13.8 Å². The van der Waals surface area contributed by atoms with Crippen molar-refractivity contribution >= 4 is 16.2 Å². The van der Waals surface area contributed by atoms with E-state index in [4.69, 9.17) is 0 Å². The highest BCUT2D eigenvalue weighted by molar-refractivity contribution is 7.87. The van der Waals surface area contributed by atoms with E-state index in [0.29, 0.717) is 18.4 Å². The summed E-state index contributed by atoms with van der Waals surface area (Å²) in [5.41, 5.74) is 1.03. The molecule has 1 aliphatic heterocycles. The van der Waals surface area contributed by atoms with Crippen molar-refractivity contribution in [2.45, 2.75) is 33.4 Å². The van der Waals surface area contributed by atoms with Gasteiger partial charge < -0.3 is 5.32 Å². The predicted octanol–water partition coefficient (Wildman–Crippen LogP) is 0.761. The number of aromatic nitrogens is 2. The average Bonchev–Trinajstić information content (AvgIpc) is 2.91. The van der Waals surface area contributed by atoms with Crippen LogP contribution in [0.25, 0.3) is 0 Å². The van der Waals surface area contributed by atoms with Gasteiger partial charge in [0, 0.05) is 64.3 Å². The number of anilines is 1. The van der Waals surface area contributed by atoms with Gasteiger partial charge in [-0.25, -0.2) is 9.97 Å². The second kappa shape index (κ2) is 8.39. The molecule has 2 rings (SSSR count). The second-order valence-corrected chi connectivity index (χ2v) is 8.98. The first-order chi connectivity index (χ1) is 11.7. The summed E-state index contributed by atoms with van der Waals surface area (Å²) >= 11 is 0. The summed E-state index contributed by atoms with van der Waals surface area (Å²) in [5, 5.41) is 3.08. The molecule has 0 amide bonds. The zero-order valence-corrected chi connectivity index (χ0v) is 16.5. The van der Waals surface area contributed by atoms with E-state index in [0.717, 1.165) is 25.2 Å². The maximum atomic E-state index is 12.2. The molecule has 1 aromatic rings. The van der Waals surface area contributed by atoms with Crippen LogP contribution < -0.4 is 10.0 Å². The van der Waals surface area contributed by atoms with Crippen LogP contribution in [0.4, 0.5) is 5.95 Å². The summed E-state index contributed by atoms with van der Waals surface area (Å²) in [5.74, 6) is 1.30. The van der Waals surface area contributed by atoms with Gasteiger partial charge in [0.1, 0.15) is 0 Å². The Hall–Kier alpha value is -1.29. The highest BCUT2D eigenvalue weighted by atomic mass is 32.2. The van der Waals surface area contributed by atoms with E-state index in [2.05, 4.69) is 38.8 Å². The Morgan fingerprint density at radius 2 is 1.92 bits per heavy atom. The molecule has 1 aromatic heterocycles. The molecule has 1 saturated heterocycles. The lowest BCUT2D eigenvalue weighted by Gasteiger charge is -2.24. The molecule has 1 fully saturated rings. The molecular formula is C16H30N6O2S. The van der Waals surface area contributed by atoms with E-state index in [9.17, 15) is 8.42 Å². The van der Waals surface area contributed by atoms with Crippen molar-refractivity contribution in [1.29, 1.82) is 0 Å². The predicted molar refractivity (Wildman–Crippen MR) is 99.3 cm³/mol. The number of hydrogen-bond donors (Lipinski definition) is 2. The minimum atomic E-state index is -3.43. The van der Waals surface area contributed by atoms with Gasteiger partial charge in [-0.05, 0) is 18.8 Å². The van der Waals surface area contributed by atoms with Crippen molar-refractivity contribution in [2.75, 3.05) is 39.0 Å². The topological polar surface area (TPSA) is 90.5 Å². The van der Waals surface area contributed by atoms with Crippen LogP contribution in [-0.2, 0) is 16.8 Å². The number of hydrogen-bond acceptors (Lipinski definition) is 6. The summed E-state index contributed by atoms with van der Waals surface area (Å²) in [4.78, 5) is 10.9. The zero-order valence-electron chi connectivity index (χ0n) is 15.7. The van der Waals surface area contributed by atoms with E-state index >= 15 is 0 Å². The third kappa shape index (κ3) is 5.34. The Balaban J connectivity index is 2.03. The van der Waals surface area contributed by atoms with Gasteiger partial charge in [0.05, 0.1) is 0 Å². The van der Waals surface area contributed by atoms with Crippen molar-refractivity contribution in [1.82, 2.24) is 23.9 Å². The maximum Gasteiger partial charge on any atom is 0.279 e. The van der Waals surface area contributed by atoms with Crippen molar-refractivity contribution < 1.29 is 8.42 Å². The minimum Gasteiger partial charge on any atom is -0.355 e. The van der Waals surface area contributed by atoms with Crippen LogP contribution in [0, 0.1) is 11.8 Å². The van der Waals surface area contributed by atoms with Crippen LogP contribution in [0.5, 0.6) is 0 Å². The zero-order chi connectivity index (χ0) is 18.6. The van der Waals surface area contributed by atoms with Crippen molar-refractivity contribution in [3.8, 4) is 0 Å². The number of likely N-dealkylation sites (tertiary alicyclic amines) is 1. The van der Waals surface area contributed by atoms with Crippen molar-refractivity contribution in [3.05, 3.63) is 18.0 Å². The van der Waals surface area contributed by atoms with Crippen LogP contribution in [0.1, 0.15) is 26.3 Å². The molecule has 0 aliphatic carbocycles. The number of nitrogens with one attached hydrogen (secondary N) is 2. The molecule has 0 radical (unpaired) electrons. The summed E-state index contributed by atoms with van der Waals surface area (Å²) in [7, 11) is -0.344. The summed E-state index contributed by atoms with van der Waals surface area (Å²) in [6.45, 7) is 9.32. The van der Waals surface area contributed by atoms with Crippen LogP contribution >= 0.6 is 0 Å². The molecule has 2 unspecified atom stereocenters. The normalized spacial score (nSPS) is 22.0. The van der Waals surface area contributed by atoms with E-state index in [1.54, 1.807) is 14.1 Å². The first-order valence-electron chi connectivity index (χ1n) is 8.69. The van der Waals surface area contributed by atoms with Crippen molar-refractivity contribution in [3.63, 3.8) is 0 Å². The molecule has 2 N–H and O–H groups in total. The number of nitrogens with zero attached hydrogens (tertiary/aromatic N) is 4. The number of rotatable bonds is 8. The third-order valence-electron chi connectivity index (χ3n) is 4.52. The van der Waals surface area contributed by atoms with Gasteiger partial charge in [0.15, 0.2) is 0 Å². The summed E-state index contributed by atoms with van der Waals surface area (Å²) in [6, 6.07) is -0.0886. The molecule has 0 aromatic carbocycles. The lowest BCUT2D eigenvalue weighted by atomic mass is 9.92. The molecule has 0 saturated carbocycles. The molecule has 142 valence electrons. The smallest absolute Gasteiger partial charge is 0.279 e. The molecule has 25 heavy (non-hydrogen) atoms. The first-order valence-corrected chi connectivity index (χ1v) is 10.1. The van der Waals surface area contributed by atoms with Gasteiger partial charge in [0.25, 0.3) is 10.2 Å². The Bertz CT molecular complexity index is 647. The van der Waals surface area contributed by atoms with Crippen LogP contribution in [0.3, 0.4) is 0 Å². The van der Waals surface area contributed by atoms with E-state index in [1.165, 1.54) is 4.31 Å². The Kier molecular flexibility index (Phi) is 6.72. The summed E-state index contributed by atoms with van der Waals surface area (Å²) in [6.07, 6.45) is 3.65. The lowest BCUT2D eigenvalue weighted by Crippen LogP contribution is -2.46. The quantitative estimate of drug-likeness (QED) is 0.702. The fourth-order valence-corrected chi connectivity index (χ4v) is 3.93. The van der Waals surface area contributed by atoms with E-state index in [1.807, 2.05) is 19.3 Å². The molecule has 9 heteroatoms. The second-order valence-electron chi connectivity index (χ2n) is 7.06. The minimum absolute atomic E-state index is 0.0886. The molecule has 2 atom stereocenters. The molecule has 1 aliphatic rings. The fraction of sp³-hybridized carbons (Fsp3) is 0.750. The van der Waals surface area contributed by atoms with Crippen molar-refractivity contribution in [2.24, 2.45) is 11.8 Å². The SMILES string of the molecule is CCNc1ncc(CN2CC(NS(=O)(=O)N(C)C)C(C(C)C)C2)cn1. The first kappa shape index (κ1) is 20.0. The molecule has 2 heterocycles. The van der Waals surface area contributed by atoms with Gasteiger partial charge in [-0.2, -0.15) is 17.4 Å². The van der Waals surface area contributed by atoms with E-state index < -0.39 is 10.2 Å². The van der Waals surface area contributed by atoms with Gasteiger partial charge in [0.2, 0.25) is 5.95 Å². The van der Waals surface area contributed by atoms with Gasteiger partial charge >= 0.3 is 0 Å². The largest absolute Gasteiger partial charge is 0.355 e. The highest BCUT2D eigenvalue weighted by Gasteiger charge is 2.37.